The Labute approximate surface area is 172 Å². The van der Waals surface area contributed by atoms with E-state index in [1.807, 2.05) is 25.4 Å². The van der Waals surface area contributed by atoms with Gasteiger partial charge in [-0.3, -0.25) is 4.68 Å². The van der Waals surface area contributed by atoms with Crippen LogP contribution in [0.3, 0.4) is 0 Å². The highest BCUT2D eigenvalue weighted by atomic mass is 16.3. The van der Waals surface area contributed by atoms with Gasteiger partial charge in [-0.05, 0) is 25.0 Å². The molecule has 1 fully saturated rings. The normalized spacial score (nSPS) is 16.7. The minimum Gasteiger partial charge on any atom is -0.391 e. The zero-order valence-corrected chi connectivity index (χ0v) is 16.5. The van der Waals surface area contributed by atoms with Crippen LogP contribution in [-0.2, 0) is 7.05 Å². The van der Waals surface area contributed by atoms with Gasteiger partial charge >= 0.3 is 0 Å². The zero-order valence-electron chi connectivity index (χ0n) is 16.5. The zero-order chi connectivity index (χ0) is 20.7. The van der Waals surface area contributed by atoms with Crippen LogP contribution >= 0.6 is 0 Å². The van der Waals surface area contributed by atoms with Gasteiger partial charge in [0.15, 0.2) is 0 Å². The first-order valence-electron chi connectivity index (χ1n) is 9.79. The lowest BCUT2D eigenvalue weighted by Gasteiger charge is -2.31. The Kier molecular flexibility index (Phi) is 4.41. The van der Waals surface area contributed by atoms with Crippen LogP contribution in [-0.4, -0.2) is 53.7 Å². The van der Waals surface area contributed by atoms with Gasteiger partial charge in [0.1, 0.15) is 23.0 Å². The molecule has 0 spiro atoms. The summed E-state index contributed by atoms with van der Waals surface area (Å²) >= 11 is 0. The maximum Gasteiger partial charge on any atom is 0.128 e. The van der Waals surface area contributed by atoms with E-state index in [0.29, 0.717) is 29.0 Å². The second kappa shape index (κ2) is 7.24. The number of aromatic nitrogens is 6. The van der Waals surface area contributed by atoms with Crippen LogP contribution in [0.4, 0.5) is 5.82 Å². The van der Waals surface area contributed by atoms with Crippen LogP contribution in [0.25, 0.3) is 28.0 Å². The molecule has 1 atom stereocenters. The molecular weight excluding hydrogens is 380 g/mol. The van der Waals surface area contributed by atoms with Crippen molar-refractivity contribution in [2.75, 3.05) is 18.0 Å². The number of β-amino-alcohol motifs (C(OH)–C–C–N with tert-alkyl or cyclic N) is 1. The maximum atomic E-state index is 9.94. The molecule has 1 N–H and O–H groups in total. The molecule has 4 aromatic rings. The first kappa shape index (κ1) is 18.3. The molecule has 9 heteroatoms. The SMILES string of the molecule is Cn1cc(-c2cn3ncc(C#N)c3c(-c3ccc(N4CCCC(O)C4)nc3)n2)cn1. The van der Waals surface area contributed by atoms with Gasteiger partial charge in [-0.15, -0.1) is 0 Å². The van der Waals surface area contributed by atoms with Gasteiger partial charge in [0, 0.05) is 43.7 Å². The van der Waals surface area contributed by atoms with Crippen LogP contribution in [0.1, 0.15) is 18.4 Å². The Hall–Kier alpha value is -3.77. The van der Waals surface area contributed by atoms with Crippen LogP contribution < -0.4 is 4.90 Å². The second-order valence-corrected chi connectivity index (χ2v) is 7.49. The number of nitriles is 1. The third-order valence-corrected chi connectivity index (χ3v) is 5.36. The maximum absolute atomic E-state index is 9.94. The van der Waals surface area contributed by atoms with Gasteiger partial charge in [0.2, 0.25) is 0 Å². The molecule has 0 saturated carbocycles. The van der Waals surface area contributed by atoms with E-state index < -0.39 is 0 Å². The number of aryl methyl sites for hydroxylation is 1. The van der Waals surface area contributed by atoms with E-state index in [1.54, 1.807) is 34.0 Å². The van der Waals surface area contributed by atoms with Crippen molar-refractivity contribution in [1.82, 2.24) is 29.4 Å². The summed E-state index contributed by atoms with van der Waals surface area (Å²) in [4.78, 5) is 11.5. The van der Waals surface area contributed by atoms with E-state index in [-0.39, 0.29) is 6.10 Å². The molecule has 30 heavy (non-hydrogen) atoms. The monoisotopic (exact) mass is 400 g/mol. The molecule has 0 bridgehead atoms. The molecule has 150 valence electrons. The van der Waals surface area contributed by atoms with Crippen molar-refractivity contribution >= 4 is 11.3 Å². The summed E-state index contributed by atoms with van der Waals surface area (Å²) in [6, 6.07) is 6.08. The fourth-order valence-electron chi connectivity index (χ4n) is 3.87. The van der Waals surface area contributed by atoms with Gasteiger partial charge in [-0.2, -0.15) is 15.5 Å². The van der Waals surface area contributed by atoms with Crippen molar-refractivity contribution in [1.29, 1.82) is 5.26 Å². The molecule has 1 saturated heterocycles. The molecule has 0 aromatic carbocycles. The second-order valence-electron chi connectivity index (χ2n) is 7.49. The molecule has 5 rings (SSSR count). The third kappa shape index (κ3) is 3.17. The third-order valence-electron chi connectivity index (χ3n) is 5.36. The summed E-state index contributed by atoms with van der Waals surface area (Å²) in [5.74, 6) is 0.825. The predicted molar refractivity (Wildman–Crippen MR) is 111 cm³/mol. The van der Waals surface area contributed by atoms with Crippen molar-refractivity contribution < 1.29 is 5.11 Å². The van der Waals surface area contributed by atoms with Crippen molar-refractivity contribution in [3.63, 3.8) is 0 Å². The van der Waals surface area contributed by atoms with Gasteiger partial charge in [0.05, 0.1) is 36.1 Å². The van der Waals surface area contributed by atoms with Gasteiger partial charge in [-0.1, -0.05) is 0 Å². The van der Waals surface area contributed by atoms with E-state index in [1.165, 1.54) is 0 Å². The number of hydrogen-bond donors (Lipinski definition) is 1. The quantitative estimate of drug-likeness (QED) is 0.560. The van der Waals surface area contributed by atoms with E-state index in [4.69, 9.17) is 4.98 Å². The van der Waals surface area contributed by atoms with E-state index >= 15 is 0 Å². The van der Waals surface area contributed by atoms with Gasteiger partial charge in [-0.25, -0.2) is 14.5 Å². The van der Waals surface area contributed by atoms with E-state index in [0.717, 1.165) is 36.3 Å². The number of piperidine rings is 1. The van der Waals surface area contributed by atoms with Crippen LogP contribution in [0.15, 0.2) is 43.1 Å². The van der Waals surface area contributed by atoms with Crippen molar-refractivity contribution in [3.05, 3.63) is 48.7 Å². The summed E-state index contributed by atoms with van der Waals surface area (Å²) in [5.41, 5.74) is 4.11. The summed E-state index contributed by atoms with van der Waals surface area (Å²) in [6.07, 6.45) is 10.2. The predicted octanol–water partition coefficient (Wildman–Crippen LogP) is 2.02. The number of rotatable bonds is 3. The van der Waals surface area contributed by atoms with E-state index in [2.05, 4.69) is 26.2 Å². The largest absolute Gasteiger partial charge is 0.391 e. The first-order chi connectivity index (χ1) is 14.6. The first-order valence-corrected chi connectivity index (χ1v) is 9.79. The molecule has 1 unspecified atom stereocenters. The molecule has 0 amide bonds. The highest BCUT2D eigenvalue weighted by Crippen LogP contribution is 2.29. The summed E-state index contributed by atoms with van der Waals surface area (Å²) < 4.78 is 3.40. The average Bonchev–Trinajstić information content (AvgIpc) is 3.39. The smallest absolute Gasteiger partial charge is 0.128 e. The number of pyridine rings is 1. The van der Waals surface area contributed by atoms with Gasteiger partial charge < -0.3 is 10.0 Å². The highest BCUT2D eigenvalue weighted by Gasteiger charge is 2.20. The molecule has 0 aliphatic carbocycles. The van der Waals surface area contributed by atoms with Crippen LogP contribution in [0.5, 0.6) is 0 Å². The summed E-state index contributed by atoms with van der Waals surface area (Å²) in [7, 11) is 1.85. The topological polar surface area (TPSA) is 108 Å². The number of hydrogen-bond acceptors (Lipinski definition) is 7. The Morgan fingerprint density at radius 3 is 2.73 bits per heavy atom. The molecular formula is C21H20N8O. The number of nitrogens with zero attached hydrogens (tertiary/aromatic N) is 8. The van der Waals surface area contributed by atoms with Crippen LogP contribution in [0.2, 0.25) is 0 Å². The number of aliphatic hydroxyl groups excluding tert-OH is 1. The molecule has 4 aromatic heterocycles. The Bertz CT molecular complexity index is 1250. The molecule has 9 nitrogen and oxygen atoms in total. The fourth-order valence-corrected chi connectivity index (χ4v) is 3.87. The Morgan fingerprint density at radius 1 is 1.13 bits per heavy atom. The van der Waals surface area contributed by atoms with Crippen molar-refractivity contribution in [2.24, 2.45) is 7.05 Å². The number of anilines is 1. The summed E-state index contributed by atoms with van der Waals surface area (Å²) in [5, 5.41) is 28.0. The fraction of sp³-hybridized carbons (Fsp3) is 0.286. The summed E-state index contributed by atoms with van der Waals surface area (Å²) in [6.45, 7) is 1.47. The Morgan fingerprint density at radius 2 is 2.03 bits per heavy atom. The minimum atomic E-state index is -0.317. The lowest BCUT2D eigenvalue weighted by Crippen LogP contribution is -2.38. The average molecular weight is 400 g/mol. The highest BCUT2D eigenvalue weighted by molar-refractivity contribution is 5.83. The minimum absolute atomic E-state index is 0.317. The molecule has 1 aliphatic heterocycles. The van der Waals surface area contributed by atoms with E-state index in [9.17, 15) is 10.4 Å². The van der Waals surface area contributed by atoms with Crippen LogP contribution in [0, 0.1) is 11.3 Å². The van der Waals surface area contributed by atoms with Crippen molar-refractivity contribution in [3.8, 4) is 28.6 Å². The lowest BCUT2D eigenvalue weighted by atomic mass is 10.1. The molecule has 0 radical (unpaired) electrons. The molecule has 5 heterocycles. The van der Waals surface area contributed by atoms with Gasteiger partial charge in [0.25, 0.3) is 0 Å². The number of fused-ring (bicyclic) bond motifs is 1. The lowest BCUT2D eigenvalue weighted by molar-refractivity contribution is 0.154. The standard InChI is InChI=1S/C21H20N8O/c1-27-11-16(10-24-27)18-13-29-21(15(7-22)9-25-29)20(26-18)14-4-5-19(23-8-14)28-6-2-3-17(30)12-28/h4-5,8-11,13,17,30H,2-3,6,12H2,1H3. The van der Waals surface area contributed by atoms with Crippen molar-refractivity contribution in [2.45, 2.75) is 18.9 Å². The Balaban J connectivity index is 1.60. The number of aliphatic hydroxyl groups is 1. The molecule has 1 aliphatic rings.